The van der Waals surface area contributed by atoms with Crippen LogP contribution in [0.5, 0.6) is 0 Å². The van der Waals surface area contributed by atoms with Crippen molar-refractivity contribution in [3.8, 4) is 0 Å². The van der Waals surface area contributed by atoms with Crippen molar-refractivity contribution in [1.29, 1.82) is 0 Å². The maximum absolute atomic E-state index is 11.6. The number of thiophene rings is 1. The van der Waals surface area contributed by atoms with Gasteiger partial charge in [-0.05, 0) is 28.1 Å². The molecule has 0 spiro atoms. The second kappa shape index (κ2) is 6.42. The molecule has 2 heterocycles. The first-order valence-electron chi connectivity index (χ1n) is 5.25. The number of carbonyl (C=O) groups is 1. The van der Waals surface area contributed by atoms with Gasteiger partial charge in [0.25, 0.3) is 0 Å². The van der Waals surface area contributed by atoms with Crippen LogP contribution in [0.1, 0.15) is 4.88 Å². The quantitative estimate of drug-likeness (QED) is 0.521. The lowest BCUT2D eigenvalue weighted by Crippen LogP contribution is -2.40. The highest BCUT2D eigenvalue weighted by atomic mass is 79.9. The zero-order valence-corrected chi connectivity index (χ0v) is 11.8. The van der Waals surface area contributed by atoms with Crippen molar-refractivity contribution in [3.05, 3.63) is 51.4 Å². The largest absolute Gasteiger partial charge is 0.305 e. The number of halogens is 1. The fraction of sp³-hybridized carbons (Fsp3) is 0.0833. The molecule has 1 amide bonds. The molecule has 2 rings (SSSR count). The van der Waals surface area contributed by atoms with Gasteiger partial charge in [0, 0.05) is 17.0 Å². The topological polar surface area (TPSA) is 45.3 Å². The molecule has 0 atom stereocenters. The van der Waals surface area contributed by atoms with Gasteiger partial charge in [0.2, 0.25) is 6.54 Å². The average Bonchev–Trinajstić information content (AvgIpc) is 2.76. The van der Waals surface area contributed by atoms with Gasteiger partial charge >= 0.3 is 5.91 Å². The first kappa shape index (κ1) is 12.9. The van der Waals surface area contributed by atoms with Crippen LogP contribution in [0.4, 0.5) is 0 Å². The van der Waals surface area contributed by atoms with E-state index in [0.717, 1.165) is 8.66 Å². The number of hydrazone groups is 1. The molecule has 0 unspecified atom stereocenters. The van der Waals surface area contributed by atoms with Crippen LogP contribution in [0, 0.1) is 0 Å². The Balaban J connectivity index is 1.83. The molecule has 0 saturated heterocycles. The minimum atomic E-state index is -0.155. The van der Waals surface area contributed by atoms with E-state index in [9.17, 15) is 4.79 Å². The molecule has 18 heavy (non-hydrogen) atoms. The molecular formula is C12H11BrN3OS+. The second-order valence-electron chi connectivity index (χ2n) is 3.48. The number of rotatable bonds is 4. The number of carbonyl (C=O) groups excluding carboxylic acids is 1. The lowest BCUT2D eigenvalue weighted by atomic mass is 10.4. The fourth-order valence-electron chi connectivity index (χ4n) is 1.31. The minimum Gasteiger partial charge on any atom is -0.266 e. The molecule has 2 aromatic heterocycles. The summed E-state index contributed by atoms with van der Waals surface area (Å²) in [4.78, 5) is 12.5. The number of amides is 1. The predicted molar refractivity (Wildman–Crippen MR) is 74.4 cm³/mol. The summed E-state index contributed by atoms with van der Waals surface area (Å²) in [5, 5.41) is 3.90. The maximum Gasteiger partial charge on any atom is 0.305 e. The fourth-order valence-corrected chi connectivity index (χ4v) is 2.60. The Morgan fingerprint density at radius 1 is 1.39 bits per heavy atom. The van der Waals surface area contributed by atoms with E-state index in [0.29, 0.717) is 0 Å². The molecule has 2 aromatic rings. The molecular weight excluding hydrogens is 314 g/mol. The third kappa shape index (κ3) is 4.05. The summed E-state index contributed by atoms with van der Waals surface area (Å²) in [5.41, 5.74) is 2.49. The van der Waals surface area contributed by atoms with Crippen LogP contribution in [-0.4, -0.2) is 12.1 Å². The number of hydrogen-bond acceptors (Lipinski definition) is 3. The summed E-state index contributed by atoms with van der Waals surface area (Å²) < 4.78 is 2.82. The lowest BCUT2D eigenvalue weighted by Gasteiger charge is -1.95. The highest BCUT2D eigenvalue weighted by molar-refractivity contribution is 9.11. The molecule has 0 aromatic carbocycles. The van der Waals surface area contributed by atoms with Crippen molar-refractivity contribution in [1.82, 2.24) is 5.43 Å². The Labute approximate surface area is 117 Å². The van der Waals surface area contributed by atoms with Crippen molar-refractivity contribution >= 4 is 39.4 Å². The Morgan fingerprint density at radius 3 is 2.83 bits per heavy atom. The summed E-state index contributed by atoms with van der Waals surface area (Å²) in [7, 11) is 0. The van der Waals surface area contributed by atoms with Gasteiger partial charge in [0.1, 0.15) is 0 Å². The first-order valence-corrected chi connectivity index (χ1v) is 6.86. The van der Waals surface area contributed by atoms with Gasteiger partial charge in [-0.1, -0.05) is 6.07 Å². The molecule has 1 N–H and O–H groups in total. The van der Waals surface area contributed by atoms with Gasteiger partial charge < -0.3 is 0 Å². The molecule has 0 bridgehead atoms. The van der Waals surface area contributed by atoms with E-state index in [2.05, 4.69) is 26.5 Å². The van der Waals surface area contributed by atoms with Gasteiger partial charge in [-0.15, -0.1) is 11.3 Å². The Hall–Kier alpha value is -1.53. The SMILES string of the molecule is O=C(C[n+]1ccccc1)N/N=C\c1ccc(Br)s1. The van der Waals surface area contributed by atoms with Crippen molar-refractivity contribution in [2.45, 2.75) is 6.54 Å². The highest BCUT2D eigenvalue weighted by Crippen LogP contribution is 2.20. The molecule has 0 saturated carbocycles. The van der Waals surface area contributed by atoms with Crippen molar-refractivity contribution in [2.24, 2.45) is 5.10 Å². The summed E-state index contributed by atoms with van der Waals surface area (Å²) in [6.45, 7) is 0.256. The van der Waals surface area contributed by atoms with E-state index in [1.165, 1.54) is 0 Å². The molecule has 0 radical (unpaired) electrons. The monoisotopic (exact) mass is 324 g/mol. The molecule has 92 valence electrons. The summed E-state index contributed by atoms with van der Waals surface area (Å²) in [5.74, 6) is -0.155. The highest BCUT2D eigenvalue weighted by Gasteiger charge is 2.06. The van der Waals surface area contributed by atoms with Crippen LogP contribution in [0.25, 0.3) is 0 Å². The van der Waals surface area contributed by atoms with Gasteiger partial charge in [-0.25, -0.2) is 5.43 Å². The molecule has 0 aliphatic carbocycles. The van der Waals surface area contributed by atoms with Gasteiger partial charge in [0.15, 0.2) is 12.4 Å². The number of hydrogen-bond donors (Lipinski definition) is 1. The standard InChI is InChI=1S/C12H10BrN3OS/c13-11-5-4-10(18-11)8-14-15-12(17)9-16-6-2-1-3-7-16/h1-8H,9H2/p+1/b14-8-. The molecule has 0 fully saturated rings. The van der Waals surface area contributed by atoms with Crippen LogP contribution >= 0.6 is 27.3 Å². The number of pyridine rings is 1. The van der Waals surface area contributed by atoms with Crippen molar-refractivity contribution in [3.63, 3.8) is 0 Å². The van der Waals surface area contributed by atoms with Crippen LogP contribution < -0.4 is 9.99 Å². The van der Waals surface area contributed by atoms with Crippen LogP contribution in [0.2, 0.25) is 0 Å². The van der Waals surface area contributed by atoms with E-state index >= 15 is 0 Å². The zero-order valence-electron chi connectivity index (χ0n) is 9.41. The third-order valence-corrected chi connectivity index (χ3v) is 3.64. The molecule has 0 aliphatic heterocycles. The Bertz CT molecular complexity index is 553. The summed E-state index contributed by atoms with van der Waals surface area (Å²) >= 11 is 4.92. The Kier molecular flexibility index (Phi) is 4.60. The third-order valence-electron chi connectivity index (χ3n) is 2.08. The lowest BCUT2D eigenvalue weighted by molar-refractivity contribution is -0.684. The van der Waals surface area contributed by atoms with E-state index in [-0.39, 0.29) is 12.5 Å². The van der Waals surface area contributed by atoms with E-state index in [1.807, 2.05) is 42.7 Å². The molecule has 6 heteroatoms. The van der Waals surface area contributed by atoms with Gasteiger partial charge in [0.05, 0.1) is 10.0 Å². The minimum absolute atomic E-state index is 0.155. The smallest absolute Gasteiger partial charge is 0.266 e. The maximum atomic E-state index is 11.6. The first-order chi connectivity index (χ1) is 8.74. The normalized spacial score (nSPS) is 10.7. The van der Waals surface area contributed by atoms with Crippen LogP contribution in [0.3, 0.4) is 0 Å². The Morgan fingerprint density at radius 2 is 2.17 bits per heavy atom. The second-order valence-corrected chi connectivity index (χ2v) is 5.98. The molecule has 0 aliphatic rings. The van der Waals surface area contributed by atoms with E-state index in [1.54, 1.807) is 22.1 Å². The van der Waals surface area contributed by atoms with E-state index < -0.39 is 0 Å². The number of nitrogens with zero attached hydrogens (tertiary/aromatic N) is 2. The van der Waals surface area contributed by atoms with Gasteiger partial charge in [-0.3, -0.25) is 4.79 Å². The predicted octanol–water partition coefficient (Wildman–Crippen LogP) is 1.95. The van der Waals surface area contributed by atoms with E-state index in [4.69, 9.17) is 0 Å². The number of aromatic nitrogens is 1. The average molecular weight is 325 g/mol. The van der Waals surface area contributed by atoms with Crippen LogP contribution in [0.15, 0.2) is 51.6 Å². The molecule has 4 nitrogen and oxygen atoms in total. The van der Waals surface area contributed by atoms with Crippen LogP contribution in [-0.2, 0) is 11.3 Å². The van der Waals surface area contributed by atoms with Crippen molar-refractivity contribution < 1.29 is 9.36 Å². The summed E-state index contributed by atoms with van der Waals surface area (Å²) in [6.07, 6.45) is 5.29. The van der Waals surface area contributed by atoms with Crippen molar-refractivity contribution in [2.75, 3.05) is 0 Å². The summed E-state index contributed by atoms with van der Waals surface area (Å²) in [6, 6.07) is 9.52. The number of nitrogens with one attached hydrogen (secondary N) is 1. The zero-order chi connectivity index (χ0) is 12.8. The van der Waals surface area contributed by atoms with Gasteiger partial charge in [-0.2, -0.15) is 9.67 Å².